The van der Waals surface area contributed by atoms with Crippen LogP contribution in [0.2, 0.25) is 5.02 Å². The van der Waals surface area contributed by atoms with Crippen LogP contribution in [0.4, 0.5) is 8.78 Å². The first-order chi connectivity index (χ1) is 7.43. The van der Waals surface area contributed by atoms with Gasteiger partial charge in [0.2, 0.25) is 0 Å². The van der Waals surface area contributed by atoms with Gasteiger partial charge in [0, 0.05) is 10.6 Å². The molecule has 1 aromatic carbocycles. The molecule has 1 N–H and O–H groups in total. The summed E-state index contributed by atoms with van der Waals surface area (Å²) in [6, 6.07) is 4.46. The molecule has 5 heteroatoms. The lowest BCUT2D eigenvalue weighted by atomic mass is 10.0. The highest BCUT2D eigenvalue weighted by atomic mass is 35.5. The summed E-state index contributed by atoms with van der Waals surface area (Å²) >= 11 is 5.72. The van der Waals surface area contributed by atoms with Crippen LogP contribution in [0.15, 0.2) is 24.3 Å². The number of hydrogen-bond acceptors (Lipinski definition) is 1. The standard InChI is InChI=1S/C11H7ClF2O2/c12-7-2-3-8-6(5-7)1-4-9(8)11(13,14)10(15)16/h2-5H,1H2,(H,15,16). The number of alkyl halides is 2. The van der Waals surface area contributed by atoms with Gasteiger partial charge in [-0.3, -0.25) is 0 Å². The Balaban J connectivity index is 2.47. The summed E-state index contributed by atoms with van der Waals surface area (Å²) < 4.78 is 26.7. The average Bonchev–Trinajstić information content (AvgIpc) is 2.60. The van der Waals surface area contributed by atoms with E-state index in [2.05, 4.69) is 0 Å². The highest BCUT2D eigenvalue weighted by Crippen LogP contribution is 2.39. The monoisotopic (exact) mass is 244 g/mol. The third-order valence-electron chi connectivity index (χ3n) is 2.49. The fraction of sp³-hybridized carbons (Fsp3) is 0.182. The predicted molar refractivity (Wildman–Crippen MR) is 55.7 cm³/mol. The van der Waals surface area contributed by atoms with Crippen molar-refractivity contribution >= 4 is 23.1 Å². The number of carboxylic acids is 1. The summed E-state index contributed by atoms with van der Waals surface area (Å²) in [5.41, 5.74) is 0.437. The van der Waals surface area contributed by atoms with Gasteiger partial charge in [0.05, 0.1) is 0 Å². The lowest BCUT2D eigenvalue weighted by Gasteiger charge is -2.14. The lowest BCUT2D eigenvalue weighted by Crippen LogP contribution is -2.29. The zero-order valence-electron chi connectivity index (χ0n) is 8.01. The Bertz CT molecular complexity index is 495. The second-order valence-corrected chi connectivity index (χ2v) is 3.94. The van der Waals surface area contributed by atoms with Crippen LogP contribution in [-0.2, 0) is 11.2 Å². The molecule has 1 aliphatic carbocycles. The van der Waals surface area contributed by atoms with Gasteiger partial charge in [-0.2, -0.15) is 8.78 Å². The second kappa shape index (κ2) is 3.56. The van der Waals surface area contributed by atoms with Crippen LogP contribution < -0.4 is 0 Å². The van der Waals surface area contributed by atoms with Gasteiger partial charge in [-0.25, -0.2) is 4.79 Å². The molecule has 16 heavy (non-hydrogen) atoms. The second-order valence-electron chi connectivity index (χ2n) is 3.50. The number of halogens is 3. The minimum Gasteiger partial charge on any atom is -0.477 e. The molecular weight excluding hydrogens is 238 g/mol. The van der Waals surface area contributed by atoms with E-state index in [1.165, 1.54) is 18.2 Å². The van der Waals surface area contributed by atoms with Crippen molar-refractivity contribution in [3.05, 3.63) is 40.4 Å². The summed E-state index contributed by atoms with van der Waals surface area (Å²) in [7, 11) is 0. The maximum atomic E-state index is 13.3. The molecule has 1 aliphatic rings. The maximum Gasteiger partial charge on any atom is 0.379 e. The van der Waals surface area contributed by atoms with E-state index in [4.69, 9.17) is 16.7 Å². The zero-order valence-corrected chi connectivity index (χ0v) is 8.76. The fourth-order valence-electron chi connectivity index (χ4n) is 1.73. The third-order valence-corrected chi connectivity index (χ3v) is 2.73. The molecular formula is C11H7ClF2O2. The minimum atomic E-state index is -3.85. The Morgan fingerprint density at radius 1 is 1.44 bits per heavy atom. The molecule has 2 rings (SSSR count). The summed E-state index contributed by atoms with van der Waals surface area (Å²) in [5, 5.41) is 8.92. The largest absolute Gasteiger partial charge is 0.477 e. The highest BCUT2D eigenvalue weighted by molar-refractivity contribution is 6.30. The molecule has 0 saturated carbocycles. The minimum absolute atomic E-state index is 0.261. The van der Waals surface area contributed by atoms with Gasteiger partial charge < -0.3 is 5.11 Å². The SMILES string of the molecule is O=C(O)C(F)(F)C1=CCc2cc(Cl)ccc21. The Kier molecular flexibility index (Phi) is 2.46. The van der Waals surface area contributed by atoms with Gasteiger partial charge in [0.1, 0.15) is 0 Å². The number of carbonyl (C=O) groups is 1. The number of hydrogen-bond donors (Lipinski definition) is 1. The number of benzene rings is 1. The first-order valence-corrected chi connectivity index (χ1v) is 4.91. The summed E-state index contributed by atoms with van der Waals surface area (Å²) in [5.74, 6) is -5.99. The van der Waals surface area contributed by atoms with Crippen molar-refractivity contribution in [1.29, 1.82) is 0 Å². The molecule has 0 aliphatic heterocycles. The average molecular weight is 245 g/mol. The van der Waals surface area contributed by atoms with Crippen molar-refractivity contribution in [2.45, 2.75) is 12.3 Å². The summed E-state index contributed by atoms with van der Waals surface area (Å²) in [6.07, 6.45) is 1.52. The summed E-state index contributed by atoms with van der Waals surface area (Å²) in [6.45, 7) is 0. The van der Waals surface area contributed by atoms with Crippen LogP contribution in [0.1, 0.15) is 11.1 Å². The molecule has 1 aromatic rings. The quantitative estimate of drug-likeness (QED) is 0.868. The van der Waals surface area contributed by atoms with E-state index < -0.39 is 17.5 Å². The maximum absolute atomic E-state index is 13.3. The molecule has 0 saturated heterocycles. The number of allylic oxidation sites excluding steroid dienone is 1. The molecule has 0 radical (unpaired) electrons. The van der Waals surface area contributed by atoms with Gasteiger partial charge >= 0.3 is 11.9 Å². The van der Waals surface area contributed by atoms with Crippen LogP contribution in [0.3, 0.4) is 0 Å². The Morgan fingerprint density at radius 3 is 2.75 bits per heavy atom. The molecule has 0 amide bonds. The van der Waals surface area contributed by atoms with Crippen LogP contribution >= 0.6 is 11.6 Å². The van der Waals surface area contributed by atoms with Crippen molar-refractivity contribution < 1.29 is 18.7 Å². The van der Waals surface area contributed by atoms with Crippen LogP contribution in [-0.4, -0.2) is 17.0 Å². The smallest absolute Gasteiger partial charge is 0.379 e. The van der Waals surface area contributed by atoms with E-state index in [-0.39, 0.29) is 12.0 Å². The van der Waals surface area contributed by atoms with Crippen molar-refractivity contribution in [1.82, 2.24) is 0 Å². The lowest BCUT2D eigenvalue weighted by molar-refractivity contribution is -0.156. The van der Waals surface area contributed by atoms with Crippen LogP contribution in [0.25, 0.3) is 5.57 Å². The molecule has 0 bridgehead atoms. The van der Waals surface area contributed by atoms with Crippen LogP contribution in [0.5, 0.6) is 0 Å². The van der Waals surface area contributed by atoms with E-state index in [1.54, 1.807) is 6.07 Å². The Hall–Kier alpha value is -1.42. The molecule has 0 fully saturated rings. The number of fused-ring (bicyclic) bond motifs is 1. The van der Waals surface area contributed by atoms with Gasteiger partial charge in [-0.05, 0) is 29.7 Å². The van der Waals surface area contributed by atoms with Gasteiger partial charge in [-0.1, -0.05) is 23.7 Å². The molecule has 0 atom stereocenters. The van der Waals surface area contributed by atoms with Crippen molar-refractivity contribution in [2.75, 3.05) is 0 Å². The van der Waals surface area contributed by atoms with E-state index in [9.17, 15) is 13.6 Å². The van der Waals surface area contributed by atoms with Gasteiger partial charge in [-0.15, -0.1) is 0 Å². The fourth-order valence-corrected chi connectivity index (χ4v) is 1.92. The Morgan fingerprint density at radius 2 is 2.12 bits per heavy atom. The topological polar surface area (TPSA) is 37.3 Å². The molecule has 2 nitrogen and oxygen atoms in total. The molecule has 0 aromatic heterocycles. The predicted octanol–water partition coefficient (Wildman–Crippen LogP) is 3.00. The third kappa shape index (κ3) is 1.59. The normalized spacial score (nSPS) is 14.6. The number of rotatable bonds is 2. The highest BCUT2D eigenvalue weighted by Gasteiger charge is 2.45. The van der Waals surface area contributed by atoms with E-state index in [1.807, 2.05) is 0 Å². The number of aliphatic carboxylic acids is 1. The molecule has 0 heterocycles. The van der Waals surface area contributed by atoms with Crippen molar-refractivity contribution in [2.24, 2.45) is 0 Å². The van der Waals surface area contributed by atoms with E-state index >= 15 is 0 Å². The summed E-state index contributed by atoms with van der Waals surface area (Å²) in [4.78, 5) is 10.5. The van der Waals surface area contributed by atoms with Crippen LogP contribution in [0, 0.1) is 0 Å². The molecule has 0 unspecified atom stereocenters. The van der Waals surface area contributed by atoms with Gasteiger partial charge in [0.25, 0.3) is 0 Å². The van der Waals surface area contributed by atoms with E-state index in [0.29, 0.717) is 10.6 Å². The van der Waals surface area contributed by atoms with Crippen molar-refractivity contribution in [3.8, 4) is 0 Å². The number of carboxylic acid groups (broad SMARTS) is 1. The first-order valence-electron chi connectivity index (χ1n) is 4.53. The van der Waals surface area contributed by atoms with Crippen molar-refractivity contribution in [3.63, 3.8) is 0 Å². The van der Waals surface area contributed by atoms with E-state index in [0.717, 1.165) is 0 Å². The molecule has 0 spiro atoms. The zero-order chi connectivity index (χ0) is 11.9. The molecule has 84 valence electrons. The van der Waals surface area contributed by atoms with Gasteiger partial charge in [0.15, 0.2) is 0 Å². The Labute approximate surface area is 95.2 Å². The first kappa shape index (κ1) is 11.1.